The Bertz CT molecular complexity index is 938. The lowest BCUT2D eigenvalue weighted by Crippen LogP contribution is -2.27. The van der Waals surface area contributed by atoms with E-state index in [4.69, 9.17) is 4.42 Å². The molecule has 8 heteroatoms. The zero-order chi connectivity index (χ0) is 19.0. The van der Waals surface area contributed by atoms with Crippen LogP contribution in [-0.4, -0.2) is 33.7 Å². The summed E-state index contributed by atoms with van der Waals surface area (Å²) >= 11 is 0.893. The first-order valence-electron chi connectivity index (χ1n) is 7.87. The van der Waals surface area contributed by atoms with Crippen molar-refractivity contribution in [1.82, 2.24) is 9.47 Å². The van der Waals surface area contributed by atoms with E-state index < -0.39 is 5.97 Å². The highest BCUT2D eigenvalue weighted by Gasteiger charge is 2.36. The number of hydrogen-bond donors (Lipinski definition) is 0. The minimum absolute atomic E-state index is 0.0281. The second kappa shape index (κ2) is 6.87. The Balaban J connectivity index is 1.80. The Kier molecular flexibility index (Phi) is 4.78. The molecule has 0 N–H and O–H groups in total. The highest BCUT2D eigenvalue weighted by molar-refractivity contribution is 8.18. The normalized spacial score (nSPS) is 16.0. The average molecular weight is 374 g/mol. The van der Waals surface area contributed by atoms with Gasteiger partial charge in [0.2, 0.25) is 5.76 Å². The number of esters is 1. The molecule has 1 aliphatic heterocycles. The highest BCUT2D eigenvalue weighted by Crippen LogP contribution is 2.34. The fourth-order valence-electron chi connectivity index (χ4n) is 2.64. The molecule has 2 aromatic rings. The number of furan rings is 1. The lowest BCUT2D eigenvalue weighted by molar-refractivity contribution is -0.123. The van der Waals surface area contributed by atoms with Gasteiger partial charge in [0.25, 0.3) is 11.1 Å². The van der Waals surface area contributed by atoms with Crippen LogP contribution in [0.25, 0.3) is 6.08 Å². The van der Waals surface area contributed by atoms with Gasteiger partial charge < -0.3 is 13.7 Å². The van der Waals surface area contributed by atoms with Crippen molar-refractivity contribution in [3.05, 3.63) is 51.6 Å². The summed E-state index contributed by atoms with van der Waals surface area (Å²) in [4.78, 5) is 37.7. The second-order valence-corrected chi connectivity index (χ2v) is 6.90. The maximum atomic E-state index is 12.6. The Morgan fingerprint density at radius 2 is 2.04 bits per heavy atom. The van der Waals surface area contributed by atoms with Gasteiger partial charge in [0.1, 0.15) is 5.76 Å². The van der Waals surface area contributed by atoms with Gasteiger partial charge in [-0.25, -0.2) is 4.79 Å². The quantitative estimate of drug-likeness (QED) is 0.603. The first-order chi connectivity index (χ1) is 12.3. The van der Waals surface area contributed by atoms with Crippen LogP contribution in [-0.2, 0) is 23.1 Å². The Hall–Kier alpha value is -2.74. The SMILES string of the molecule is COC(=O)c1ccc(CN2C(=O)SC(=Cc3cc(C)n(C)c3C)C2=O)o1. The van der Waals surface area contributed by atoms with E-state index in [2.05, 4.69) is 4.74 Å². The molecule has 0 aliphatic carbocycles. The van der Waals surface area contributed by atoms with Crippen LogP contribution in [0.15, 0.2) is 27.5 Å². The number of amides is 2. The summed E-state index contributed by atoms with van der Waals surface area (Å²) in [5, 5.41) is -0.373. The van der Waals surface area contributed by atoms with Crippen molar-refractivity contribution >= 4 is 35.0 Å². The molecule has 0 aromatic carbocycles. The average Bonchev–Trinajstić information content (AvgIpc) is 3.25. The van der Waals surface area contributed by atoms with E-state index in [1.54, 1.807) is 12.1 Å². The second-order valence-electron chi connectivity index (χ2n) is 5.91. The third-order valence-electron chi connectivity index (χ3n) is 4.34. The van der Waals surface area contributed by atoms with E-state index in [0.717, 1.165) is 33.6 Å². The molecular weight excluding hydrogens is 356 g/mol. The summed E-state index contributed by atoms with van der Waals surface area (Å²) in [6, 6.07) is 4.97. The molecule has 0 bridgehead atoms. The molecule has 0 atom stereocenters. The molecule has 26 heavy (non-hydrogen) atoms. The van der Waals surface area contributed by atoms with Gasteiger partial charge in [0.15, 0.2) is 0 Å². The van der Waals surface area contributed by atoms with Crippen LogP contribution in [0.2, 0.25) is 0 Å². The number of rotatable bonds is 4. The van der Waals surface area contributed by atoms with Gasteiger partial charge >= 0.3 is 5.97 Å². The zero-order valence-corrected chi connectivity index (χ0v) is 15.7. The van der Waals surface area contributed by atoms with Crippen molar-refractivity contribution in [3.63, 3.8) is 0 Å². The van der Waals surface area contributed by atoms with Gasteiger partial charge in [-0.2, -0.15) is 0 Å². The molecule has 0 spiro atoms. The van der Waals surface area contributed by atoms with Crippen LogP contribution in [0.4, 0.5) is 4.79 Å². The smallest absolute Gasteiger partial charge is 0.373 e. The number of methoxy groups -OCH3 is 1. The molecular formula is C18H18N2O5S. The molecule has 0 unspecified atom stereocenters. The number of carbonyl (C=O) groups excluding carboxylic acids is 3. The number of nitrogens with zero attached hydrogens (tertiary/aromatic N) is 2. The summed E-state index contributed by atoms with van der Waals surface area (Å²) in [5.41, 5.74) is 2.99. The first kappa shape index (κ1) is 18.1. The molecule has 1 aliphatic rings. The molecule has 0 saturated carbocycles. The molecule has 3 rings (SSSR count). The van der Waals surface area contributed by atoms with Gasteiger partial charge in [-0.15, -0.1) is 0 Å². The maximum Gasteiger partial charge on any atom is 0.373 e. The minimum Gasteiger partial charge on any atom is -0.463 e. The summed E-state index contributed by atoms with van der Waals surface area (Å²) in [6.45, 7) is 3.90. The summed E-state index contributed by atoms with van der Waals surface area (Å²) in [7, 11) is 3.20. The molecule has 3 heterocycles. The van der Waals surface area contributed by atoms with E-state index in [9.17, 15) is 14.4 Å². The van der Waals surface area contributed by atoms with Crippen molar-refractivity contribution in [1.29, 1.82) is 0 Å². The molecule has 7 nitrogen and oxygen atoms in total. The minimum atomic E-state index is -0.611. The van der Waals surface area contributed by atoms with Gasteiger partial charge in [-0.1, -0.05) is 0 Å². The number of carbonyl (C=O) groups is 3. The molecule has 1 fully saturated rings. The summed E-state index contributed by atoms with van der Waals surface area (Å²) in [6.07, 6.45) is 1.73. The largest absolute Gasteiger partial charge is 0.463 e. The van der Waals surface area contributed by atoms with E-state index in [1.807, 2.05) is 31.5 Å². The van der Waals surface area contributed by atoms with E-state index in [-0.39, 0.29) is 23.5 Å². The maximum absolute atomic E-state index is 12.6. The number of hydrogen-bond acceptors (Lipinski definition) is 6. The van der Waals surface area contributed by atoms with Crippen molar-refractivity contribution < 1.29 is 23.5 Å². The third kappa shape index (κ3) is 3.20. The van der Waals surface area contributed by atoms with Crippen LogP contribution in [0.3, 0.4) is 0 Å². The van der Waals surface area contributed by atoms with Crippen molar-refractivity contribution in [3.8, 4) is 0 Å². The summed E-state index contributed by atoms with van der Waals surface area (Å²) in [5.74, 6) is -0.627. The fourth-order valence-corrected chi connectivity index (χ4v) is 3.47. The number of aromatic nitrogens is 1. The third-order valence-corrected chi connectivity index (χ3v) is 5.24. The van der Waals surface area contributed by atoms with Gasteiger partial charge in [-0.3, -0.25) is 14.5 Å². The summed E-state index contributed by atoms with van der Waals surface area (Å²) < 4.78 is 11.9. The van der Waals surface area contributed by atoms with Gasteiger partial charge in [-0.05, 0) is 55.4 Å². The molecule has 0 radical (unpaired) electrons. The fraction of sp³-hybridized carbons (Fsp3) is 0.278. The topological polar surface area (TPSA) is 81.8 Å². The Labute approximate surface area is 154 Å². The van der Waals surface area contributed by atoms with E-state index >= 15 is 0 Å². The van der Waals surface area contributed by atoms with Gasteiger partial charge in [0, 0.05) is 18.4 Å². The number of thioether (sulfide) groups is 1. The van der Waals surface area contributed by atoms with E-state index in [1.165, 1.54) is 13.2 Å². The Morgan fingerprint density at radius 3 is 2.65 bits per heavy atom. The van der Waals surface area contributed by atoms with Crippen LogP contribution in [0, 0.1) is 13.8 Å². The van der Waals surface area contributed by atoms with Crippen molar-refractivity contribution in [2.45, 2.75) is 20.4 Å². The molecule has 1 saturated heterocycles. The molecule has 2 aromatic heterocycles. The van der Waals surface area contributed by atoms with Crippen molar-refractivity contribution in [2.24, 2.45) is 7.05 Å². The monoisotopic (exact) mass is 374 g/mol. The van der Waals surface area contributed by atoms with Crippen LogP contribution < -0.4 is 0 Å². The number of imide groups is 1. The van der Waals surface area contributed by atoms with E-state index in [0.29, 0.717) is 10.7 Å². The van der Waals surface area contributed by atoms with Crippen LogP contribution in [0.5, 0.6) is 0 Å². The number of aryl methyl sites for hydroxylation is 1. The van der Waals surface area contributed by atoms with Crippen LogP contribution in [0.1, 0.15) is 33.3 Å². The molecule has 136 valence electrons. The Morgan fingerprint density at radius 1 is 1.31 bits per heavy atom. The standard InChI is InChI=1S/C18H18N2O5S/c1-10-7-12(11(2)19(10)3)8-15-16(21)20(18(23)26-15)9-13-5-6-14(25-13)17(22)24-4/h5-8H,9H2,1-4H3. The van der Waals surface area contributed by atoms with Crippen LogP contribution >= 0.6 is 11.8 Å². The zero-order valence-electron chi connectivity index (χ0n) is 14.9. The molecule has 2 amide bonds. The number of ether oxygens (including phenoxy) is 1. The predicted molar refractivity (Wildman–Crippen MR) is 96.4 cm³/mol. The van der Waals surface area contributed by atoms with Crippen molar-refractivity contribution in [2.75, 3.05) is 7.11 Å². The predicted octanol–water partition coefficient (Wildman–Crippen LogP) is 3.26. The lowest BCUT2D eigenvalue weighted by Gasteiger charge is -2.09. The van der Waals surface area contributed by atoms with Gasteiger partial charge in [0.05, 0.1) is 18.6 Å². The highest BCUT2D eigenvalue weighted by atomic mass is 32.2. The first-order valence-corrected chi connectivity index (χ1v) is 8.68. The lowest BCUT2D eigenvalue weighted by atomic mass is 10.2.